The maximum Gasteiger partial charge on any atom is 0.282 e. The predicted molar refractivity (Wildman–Crippen MR) is 81.4 cm³/mol. The van der Waals surface area contributed by atoms with Crippen LogP contribution >= 0.6 is 11.1 Å². The van der Waals surface area contributed by atoms with Crippen molar-refractivity contribution in [2.24, 2.45) is 0 Å². The summed E-state index contributed by atoms with van der Waals surface area (Å²) in [6.07, 6.45) is 11.9. The van der Waals surface area contributed by atoms with E-state index in [-0.39, 0.29) is 0 Å². The van der Waals surface area contributed by atoms with Crippen molar-refractivity contribution < 1.29 is 4.65 Å². The minimum absolute atomic E-state index is 0.706. The third-order valence-corrected chi connectivity index (χ3v) is 5.14. The van der Waals surface area contributed by atoms with Crippen LogP contribution in [0, 0.1) is 0 Å². The number of halogens is 1. The Labute approximate surface area is 115 Å². The van der Waals surface area contributed by atoms with Crippen molar-refractivity contribution in [3.8, 4) is 0 Å². The monoisotopic (exact) mass is 274 g/mol. The highest BCUT2D eigenvalue weighted by atomic mass is 35.6. The summed E-state index contributed by atoms with van der Waals surface area (Å²) in [6.45, 7) is 5.18. The van der Waals surface area contributed by atoms with Gasteiger partial charge in [0.05, 0.1) is 0 Å². The minimum atomic E-state index is -1.30. The van der Waals surface area contributed by atoms with E-state index < -0.39 is 7.38 Å². The lowest BCUT2D eigenvalue weighted by Crippen LogP contribution is -2.14. The summed E-state index contributed by atoms with van der Waals surface area (Å²) in [5, 5.41) is 0. The van der Waals surface area contributed by atoms with Gasteiger partial charge in [0, 0.05) is 6.61 Å². The van der Waals surface area contributed by atoms with E-state index in [2.05, 4.69) is 17.7 Å². The van der Waals surface area contributed by atoms with E-state index in [1.165, 1.54) is 57.4 Å². The molecule has 0 saturated carbocycles. The van der Waals surface area contributed by atoms with Crippen molar-refractivity contribution in [3.05, 3.63) is 0 Å². The molecule has 0 saturated heterocycles. The van der Waals surface area contributed by atoms with Gasteiger partial charge in [-0.1, -0.05) is 64.5 Å². The molecule has 0 N–H and O–H groups in total. The topological polar surface area (TPSA) is 9.23 Å². The molecule has 0 heterocycles. The van der Waals surface area contributed by atoms with Crippen molar-refractivity contribution in [1.29, 1.82) is 0 Å². The molecule has 0 rings (SSSR count). The zero-order valence-electron chi connectivity index (χ0n) is 11.6. The van der Waals surface area contributed by atoms with Crippen LogP contribution in [-0.4, -0.2) is 22.0 Å². The summed E-state index contributed by atoms with van der Waals surface area (Å²) in [5.74, 6) is 0. The fourth-order valence-electron chi connectivity index (χ4n) is 1.97. The van der Waals surface area contributed by atoms with Crippen molar-refractivity contribution in [1.82, 2.24) is 0 Å². The molecule has 4 heteroatoms. The van der Waals surface area contributed by atoms with Crippen LogP contribution in [-0.2, 0) is 4.65 Å². The molecule has 0 spiro atoms. The normalized spacial score (nSPS) is 11.9. The summed E-state index contributed by atoms with van der Waals surface area (Å²) in [5.41, 5.74) is 0. The summed E-state index contributed by atoms with van der Waals surface area (Å²) in [7, 11) is 3.66. The van der Waals surface area contributed by atoms with Crippen molar-refractivity contribution in [2.75, 3.05) is 6.61 Å². The Bertz CT molecular complexity index is 162. The van der Waals surface area contributed by atoms with E-state index in [1.54, 1.807) is 0 Å². The molecule has 0 bridgehead atoms. The fourth-order valence-corrected chi connectivity index (χ4v) is 3.46. The number of hydrogen-bond acceptors (Lipinski definition) is 1. The average Bonchev–Trinajstić information content (AvgIpc) is 2.24. The maximum absolute atomic E-state index is 6.28. The van der Waals surface area contributed by atoms with Crippen molar-refractivity contribution in [2.45, 2.75) is 76.9 Å². The third kappa shape index (κ3) is 16.5. The second-order valence-electron chi connectivity index (χ2n) is 5.52. The molecule has 0 atom stereocenters. The lowest BCUT2D eigenvalue weighted by Gasteiger charge is -2.11. The molecular weight excluding hydrogens is 246 g/mol. The van der Waals surface area contributed by atoms with Gasteiger partial charge in [-0.2, -0.15) is 11.1 Å². The van der Waals surface area contributed by atoms with E-state index in [1.807, 2.05) is 0 Å². The molecule has 0 unspecified atom stereocenters. The summed E-state index contributed by atoms with van der Waals surface area (Å²) < 4.78 is 4.53. The van der Waals surface area contributed by atoms with Crippen LogP contribution < -0.4 is 0 Å². The molecule has 0 aromatic carbocycles. The van der Waals surface area contributed by atoms with Crippen LogP contribution in [0.25, 0.3) is 0 Å². The minimum Gasteiger partial charge on any atom is -0.448 e. The van der Waals surface area contributed by atoms with Crippen molar-refractivity contribution >= 4 is 26.5 Å². The van der Waals surface area contributed by atoms with E-state index in [9.17, 15) is 0 Å². The second kappa shape index (κ2) is 11.6. The van der Waals surface area contributed by atoms with Crippen LogP contribution in [0.1, 0.15) is 57.8 Å². The maximum atomic E-state index is 6.28. The van der Waals surface area contributed by atoms with Gasteiger partial charge in [-0.3, -0.25) is 0 Å². The Morgan fingerprint density at radius 1 is 0.824 bits per heavy atom. The first-order valence-corrected chi connectivity index (χ1v) is 11.3. The first kappa shape index (κ1) is 17.5. The van der Waals surface area contributed by atoms with E-state index in [0.717, 1.165) is 6.42 Å². The Hall–Kier alpha value is 0.532. The van der Waals surface area contributed by atoms with Gasteiger partial charge < -0.3 is 4.65 Å². The summed E-state index contributed by atoms with van der Waals surface area (Å²) in [6, 6.07) is 1.27. The van der Waals surface area contributed by atoms with Gasteiger partial charge in [0.2, 0.25) is 0 Å². The van der Waals surface area contributed by atoms with Gasteiger partial charge in [-0.05, 0) is 12.5 Å². The molecule has 0 aromatic heterocycles. The predicted octanol–water partition coefficient (Wildman–Crippen LogP) is 5.04. The number of unbranched alkanes of at least 4 members (excludes halogenated alkanes) is 8. The highest BCUT2D eigenvalue weighted by Gasteiger charge is 2.15. The van der Waals surface area contributed by atoms with E-state index >= 15 is 0 Å². The summed E-state index contributed by atoms with van der Waals surface area (Å²) in [4.78, 5) is 0. The average molecular weight is 275 g/mol. The Morgan fingerprint density at radius 3 is 1.65 bits per heavy atom. The van der Waals surface area contributed by atoms with E-state index in [0.29, 0.717) is 6.61 Å². The third-order valence-electron chi connectivity index (χ3n) is 3.03. The molecule has 0 fully saturated rings. The highest BCUT2D eigenvalue weighted by molar-refractivity contribution is 7.19. The molecule has 0 aliphatic heterocycles. The zero-order chi connectivity index (χ0) is 13.0. The molecule has 0 aromatic rings. The van der Waals surface area contributed by atoms with Gasteiger partial charge in [-0.15, -0.1) is 0 Å². The fraction of sp³-hybridized carbons (Fsp3) is 1.00. The van der Waals surface area contributed by atoms with Crippen LogP contribution in [0.4, 0.5) is 0 Å². The molecule has 0 aliphatic carbocycles. The number of rotatable bonds is 12. The Morgan fingerprint density at radius 2 is 1.24 bits per heavy atom. The first-order valence-electron chi connectivity index (χ1n) is 7.07. The van der Waals surface area contributed by atoms with Crippen LogP contribution in [0.15, 0.2) is 0 Å². The van der Waals surface area contributed by atoms with Crippen LogP contribution in [0.5, 0.6) is 0 Å². The largest absolute Gasteiger partial charge is 0.448 e. The lowest BCUT2D eigenvalue weighted by molar-refractivity contribution is 0.332. The standard InChI is InChI=1S/C13H28BClOSi/c1-17(2,15)13-11-9-7-5-3-4-6-8-10-12-16-14/h3-13H2,1-2H3. The molecular formula is C13H28BClOSi. The van der Waals surface area contributed by atoms with Crippen molar-refractivity contribution in [3.63, 3.8) is 0 Å². The first-order chi connectivity index (χ1) is 8.06. The highest BCUT2D eigenvalue weighted by Crippen LogP contribution is 2.19. The molecule has 1 nitrogen and oxygen atoms in total. The quantitative estimate of drug-likeness (QED) is 0.275. The molecule has 2 radical (unpaired) electrons. The van der Waals surface area contributed by atoms with Gasteiger partial charge in [-0.25, -0.2) is 0 Å². The summed E-state index contributed by atoms with van der Waals surface area (Å²) >= 11 is 6.28. The Balaban J connectivity index is 2.99. The van der Waals surface area contributed by atoms with E-state index in [4.69, 9.17) is 19.1 Å². The molecule has 100 valence electrons. The molecule has 0 amide bonds. The Kier molecular flexibility index (Phi) is 12.0. The van der Waals surface area contributed by atoms with Gasteiger partial charge >= 0.3 is 0 Å². The van der Waals surface area contributed by atoms with Gasteiger partial charge in [0.25, 0.3) is 8.05 Å². The smallest absolute Gasteiger partial charge is 0.282 e. The molecule has 0 aliphatic rings. The number of hydrogen-bond donors (Lipinski definition) is 0. The van der Waals surface area contributed by atoms with Gasteiger partial charge in [0.1, 0.15) is 7.38 Å². The van der Waals surface area contributed by atoms with Crippen LogP contribution in [0.2, 0.25) is 19.1 Å². The SMILES string of the molecule is [B]OCCCCCCCCCCC[Si](C)(C)Cl. The zero-order valence-corrected chi connectivity index (χ0v) is 13.4. The van der Waals surface area contributed by atoms with Crippen LogP contribution in [0.3, 0.4) is 0 Å². The second-order valence-corrected chi connectivity index (χ2v) is 12.5. The van der Waals surface area contributed by atoms with Gasteiger partial charge in [0.15, 0.2) is 0 Å². The molecule has 17 heavy (non-hydrogen) atoms. The lowest BCUT2D eigenvalue weighted by atomic mass is 10.1.